The molecule has 1 saturated heterocycles. The Morgan fingerprint density at radius 1 is 1.53 bits per heavy atom. The van der Waals surface area contributed by atoms with Crippen LogP contribution in [0.5, 0.6) is 0 Å². The number of hydrogen-bond donors (Lipinski definition) is 1. The molecule has 82 valence electrons. The minimum atomic E-state index is -4.29. The summed E-state index contributed by atoms with van der Waals surface area (Å²) >= 11 is 0. The van der Waals surface area contributed by atoms with Crippen molar-refractivity contribution in [3.8, 4) is 0 Å². The van der Waals surface area contributed by atoms with Gasteiger partial charge in [0.2, 0.25) is 0 Å². The fourth-order valence-corrected chi connectivity index (χ4v) is 2.10. The van der Waals surface area contributed by atoms with Gasteiger partial charge in [0.1, 0.15) is 5.82 Å². The second-order valence-electron chi connectivity index (χ2n) is 3.39. The Morgan fingerprint density at radius 2 is 2.20 bits per heavy atom. The molecule has 0 radical (unpaired) electrons. The monoisotopic (exact) mass is 232 g/mol. The van der Waals surface area contributed by atoms with Crippen molar-refractivity contribution in [3.63, 3.8) is 0 Å². The molecule has 1 heterocycles. The van der Waals surface area contributed by atoms with E-state index in [2.05, 4.69) is 0 Å². The number of halogens is 1. The second kappa shape index (κ2) is 3.55. The molecular weight excluding hydrogens is 223 g/mol. The summed E-state index contributed by atoms with van der Waals surface area (Å²) in [5.74, 6) is -0.530. The molecule has 1 aliphatic rings. The fourth-order valence-electron chi connectivity index (χ4n) is 1.39. The number of benzene rings is 1. The number of ether oxygens (including phenoxy) is 1. The predicted octanol–water partition coefficient (Wildman–Crippen LogP) is 1.01. The van der Waals surface area contributed by atoms with Gasteiger partial charge >= 0.3 is 0 Å². The van der Waals surface area contributed by atoms with Gasteiger partial charge in [-0.15, -0.1) is 0 Å². The highest BCUT2D eigenvalue weighted by Gasteiger charge is 2.26. The first-order chi connectivity index (χ1) is 6.97. The predicted molar refractivity (Wildman–Crippen MR) is 49.7 cm³/mol. The van der Waals surface area contributed by atoms with E-state index < -0.39 is 15.9 Å². The molecule has 1 aromatic rings. The standard InChI is InChI=1S/C9H9FO4S/c10-7-1-2-9(15(11,12)13)6(3-7)4-8-5-14-8/h1-3,8H,4-5H2,(H,11,12,13). The average Bonchev–Trinajstić information content (AvgIpc) is 2.85. The topological polar surface area (TPSA) is 66.9 Å². The third-order valence-electron chi connectivity index (χ3n) is 2.15. The molecule has 1 aromatic carbocycles. The van der Waals surface area contributed by atoms with Crippen molar-refractivity contribution in [2.45, 2.75) is 17.4 Å². The van der Waals surface area contributed by atoms with Gasteiger partial charge in [-0.25, -0.2) is 4.39 Å². The van der Waals surface area contributed by atoms with Crippen LogP contribution in [0.1, 0.15) is 5.56 Å². The fraction of sp³-hybridized carbons (Fsp3) is 0.333. The Morgan fingerprint density at radius 3 is 2.73 bits per heavy atom. The second-order valence-corrected chi connectivity index (χ2v) is 4.78. The lowest BCUT2D eigenvalue weighted by Crippen LogP contribution is -2.06. The van der Waals surface area contributed by atoms with Crippen molar-refractivity contribution in [3.05, 3.63) is 29.6 Å². The first-order valence-electron chi connectivity index (χ1n) is 4.34. The zero-order chi connectivity index (χ0) is 11.1. The van der Waals surface area contributed by atoms with E-state index in [0.717, 1.165) is 18.2 Å². The largest absolute Gasteiger partial charge is 0.373 e. The van der Waals surface area contributed by atoms with E-state index in [1.54, 1.807) is 0 Å². The SMILES string of the molecule is O=S(=O)(O)c1ccc(F)cc1CC1CO1. The van der Waals surface area contributed by atoms with Gasteiger partial charge in [0.05, 0.1) is 17.6 Å². The van der Waals surface area contributed by atoms with Gasteiger partial charge in [0.25, 0.3) is 10.1 Å². The van der Waals surface area contributed by atoms with Crippen molar-refractivity contribution in [1.29, 1.82) is 0 Å². The van der Waals surface area contributed by atoms with E-state index in [9.17, 15) is 12.8 Å². The zero-order valence-electron chi connectivity index (χ0n) is 7.68. The Balaban J connectivity index is 2.43. The van der Waals surface area contributed by atoms with Gasteiger partial charge in [-0.1, -0.05) is 0 Å². The molecule has 2 rings (SSSR count). The maximum Gasteiger partial charge on any atom is 0.294 e. The Hall–Kier alpha value is -0.980. The van der Waals surface area contributed by atoms with Crippen molar-refractivity contribution in [2.24, 2.45) is 0 Å². The maximum absolute atomic E-state index is 12.9. The van der Waals surface area contributed by atoms with Crippen molar-refractivity contribution >= 4 is 10.1 Å². The number of epoxide rings is 1. The average molecular weight is 232 g/mol. The van der Waals surface area contributed by atoms with Crippen LogP contribution in [0.3, 0.4) is 0 Å². The molecule has 0 amide bonds. The number of hydrogen-bond acceptors (Lipinski definition) is 3. The molecule has 1 atom stereocenters. The van der Waals surface area contributed by atoms with Crippen LogP contribution in [0.25, 0.3) is 0 Å². The van der Waals surface area contributed by atoms with E-state index in [1.807, 2.05) is 0 Å². The summed E-state index contributed by atoms with van der Waals surface area (Å²) in [6.45, 7) is 0.543. The van der Waals surface area contributed by atoms with E-state index >= 15 is 0 Å². The van der Waals surface area contributed by atoms with Crippen LogP contribution in [0.4, 0.5) is 4.39 Å². The van der Waals surface area contributed by atoms with Gasteiger partial charge in [0.15, 0.2) is 0 Å². The number of rotatable bonds is 3. The van der Waals surface area contributed by atoms with E-state index in [1.165, 1.54) is 0 Å². The van der Waals surface area contributed by atoms with Crippen molar-refractivity contribution < 1.29 is 22.1 Å². The summed E-state index contributed by atoms with van der Waals surface area (Å²) in [5, 5.41) is 0. The molecule has 0 bridgehead atoms. The smallest absolute Gasteiger partial charge is 0.294 e. The quantitative estimate of drug-likeness (QED) is 0.624. The zero-order valence-corrected chi connectivity index (χ0v) is 8.50. The van der Waals surface area contributed by atoms with Gasteiger partial charge < -0.3 is 4.74 Å². The van der Waals surface area contributed by atoms with E-state index in [4.69, 9.17) is 9.29 Å². The minimum Gasteiger partial charge on any atom is -0.373 e. The van der Waals surface area contributed by atoms with Crippen LogP contribution >= 0.6 is 0 Å². The Bertz CT molecular complexity index is 479. The molecule has 0 saturated carbocycles. The highest BCUT2D eigenvalue weighted by atomic mass is 32.2. The van der Waals surface area contributed by atoms with Crippen LogP contribution in [0.15, 0.2) is 23.1 Å². The summed E-state index contributed by atoms with van der Waals surface area (Å²) in [5.41, 5.74) is 0.250. The lowest BCUT2D eigenvalue weighted by atomic mass is 10.1. The van der Waals surface area contributed by atoms with Crippen LogP contribution in [-0.2, 0) is 21.3 Å². The molecule has 1 aliphatic heterocycles. The molecule has 1 unspecified atom stereocenters. The van der Waals surface area contributed by atoms with Crippen LogP contribution in [0.2, 0.25) is 0 Å². The highest BCUT2D eigenvalue weighted by molar-refractivity contribution is 7.85. The molecular formula is C9H9FO4S. The lowest BCUT2D eigenvalue weighted by Gasteiger charge is -2.05. The molecule has 1 N–H and O–H groups in total. The third kappa shape index (κ3) is 2.53. The summed E-state index contributed by atoms with van der Waals surface area (Å²) in [6, 6.07) is 3.16. The van der Waals surface area contributed by atoms with Crippen LogP contribution in [0, 0.1) is 5.82 Å². The molecule has 6 heteroatoms. The van der Waals surface area contributed by atoms with Crippen LogP contribution < -0.4 is 0 Å². The van der Waals surface area contributed by atoms with Crippen LogP contribution in [-0.4, -0.2) is 25.7 Å². The van der Waals surface area contributed by atoms with Gasteiger partial charge in [0, 0.05) is 6.42 Å². The highest BCUT2D eigenvalue weighted by Crippen LogP contribution is 2.23. The third-order valence-corrected chi connectivity index (χ3v) is 3.10. The molecule has 4 nitrogen and oxygen atoms in total. The van der Waals surface area contributed by atoms with Gasteiger partial charge in [-0.2, -0.15) is 8.42 Å². The normalized spacial score (nSPS) is 20.3. The first-order valence-corrected chi connectivity index (χ1v) is 5.78. The molecule has 15 heavy (non-hydrogen) atoms. The summed E-state index contributed by atoms with van der Waals surface area (Å²) in [7, 11) is -4.29. The molecule has 1 fully saturated rings. The molecule has 0 aromatic heterocycles. The Labute approximate surface area is 86.4 Å². The minimum absolute atomic E-state index is 0.0627. The molecule has 0 spiro atoms. The van der Waals surface area contributed by atoms with Gasteiger partial charge in [-0.3, -0.25) is 4.55 Å². The Kier molecular flexibility index (Phi) is 2.49. The van der Waals surface area contributed by atoms with Crippen molar-refractivity contribution in [2.75, 3.05) is 6.61 Å². The van der Waals surface area contributed by atoms with E-state index in [-0.39, 0.29) is 16.6 Å². The summed E-state index contributed by atoms with van der Waals surface area (Å²) < 4.78 is 48.6. The van der Waals surface area contributed by atoms with E-state index in [0.29, 0.717) is 13.0 Å². The maximum atomic E-state index is 12.9. The lowest BCUT2D eigenvalue weighted by molar-refractivity contribution is 0.406. The van der Waals surface area contributed by atoms with Gasteiger partial charge in [-0.05, 0) is 23.8 Å². The molecule has 0 aliphatic carbocycles. The summed E-state index contributed by atoms with van der Waals surface area (Å²) in [4.78, 5) is -0.251. The first kappa shape index (κ1) is 10.5. The summed E-state index contributed by atoms with van der Waals surface area (Å²) in [6.07, 6.45) is 0.236. The van der Waals surface area contributed by atoms with Crippen molar-refractivity contribution in [1.82, 2.24) is 0 Å².